The Morgan fingerprint density at radius 3 is 3.17 bits per heavy atom. The van der Waals surface area contributed by atoms with Crippen molar-refractivity contribution in [2.75, 3.05) is 6.54 Å². The first-order valence-electron chi connectivity index (χ1n) is 5.89. The average Bonchev–Trinajstić information content (AvgIpc) is 2.38. The van der Waals surface area contributed by atoms with Gasteiger partial charge < -0.3 is 10.2 Å². The van der Waals surface area contributed by atoms with E-state index in [9.17, 15) is 4.79 Å². The van der Waals surface area contributed by atoms with E-state index in [4.69, 9.17) is 0 Å². The van der Waals surface area contributed by atoms with Gasteiger partial charge in [-0.25, -0.2) is 9.79 Å². The Hall–Kier alpha value is -2.30. The highest BCUT2D eigenvalue weighted by Crippen LogP contribution is 2.20. The van der Waals surface area contributed by atoms with E-state index in [0.717, 1.165) is 12.1 Å². The highest BCUT2D eigenvalue weighted by atomic mass is 16.2. The molecule has 3 aliphatic rings. The monoisotopic (exact) mass is 242 g/mol. The van der Waals surface area contributed by atoms with E-state index in [1.807, 2.05) is 35.7 Å². The van der Waals surface area contributed by atoms with Crippen molar-refractivity contribution in [3.8, 4) is 0 Å². The summed E-state index contributed by atoms with van der Waals surface area (Å²) in [7, 11) is 0. The molecular formula is C13H14N4O. The van der Waals surface area contributed by atoms with Crippen LogP contribution >= 0.6 is 0 Å². The van der Waals surface area contributed by atoms with Crippen LogP contribution in [0.3, 0.4) is 0 Å². The Balaban J connectivity index is 1.81. The van der Waals surface area contributed by atoms with E-state index in [1.54, 1.807) is 4.90 Å². The number of nitrogens with one attached hydrogen (secondary N) is 1. The van der Waals surface area contributed by atoms with Crippen molar-refractivity contribution >= 4 is 12.2 Å². The van der Waals surface area contributed by atoms with Crippen molar-refractivity contribution < 1.29 is 4.79 Å². The molecule has 0 spiro atoms. The number of hydrogen-bond acceptors (Lipinski definition) is 3. The Kier molecular flexibility index (Phi) is 2.51. The van der Waals surface area contributed by atoms with Crippen LogP contribution in [-0.2, 0) is 0 Å². The SMILES string of the molecule is C=C1CCN(C2=CN3C=CC=CC3C=N2)C(=O)N1. The molecule has 18 heavy (non-hydrogen) atoms. The van der Waals surface area contributed by atoms with Gasteiger partial charge in [0.15, 0.2) is 5.82 Å². The number of aliphatic imine (C=N–C) groups is 1. The molecule has 2 amide bonds. The minimum Gasteiger partial charge on any atom is -0.339 e. The summed E-state index contributed by atoms with van der Waals surface area (Å²) in [5.41, 5.74) is 0.760. The molecule has 1 N–H and O–H groups in total. The summed E-state index contributed by atoms with van der Waals surface area (Å²) in [6.45, 7) is 4.38. The zero-order valence-corrected chi connectivity index (χ0v) is 9.91. The van der Waals surface area contributed by atoms with E-state index < -0.39 is 0 Å². The second kappa shape index (κ2) is 4.18. The molecule has 92 valence electrons. The Morgan fingerprint density at radius 2 is 2.33 bits per heavy atom. The third-order valence-corrected chi connectivity index (χ3v) is 3.09. The molecule has 0 aliphatic carbocycles. The van der Waals surface area contributed by atoms with Gasteiger partial charge in [0.1, 0.15) is 0 Å². The Labute approximate surface area is 105 Å². The maximum absolute atomic E-state index is 11.9. The van der Waals surface area contributed by atoms with Gasteiger partial charge in [-0.1, -0.05) is 18.7 Å². The molecule has 5 heteroatoms. The number of amides is 2. The van der Waals surface area contributed by atoms with Crippen LogP contribution in [0.1, 0.15) is 6.42 Å². The lowest BCUT2D eigenvalue weighted by atomic mass is 10.2. The Morgan fingerprint density at radius 1 is 1.44 bits per heavy atom. The summed E-state index contributed by atoms with van der Waals surface area (Å²) in [5.74, 6) is 0.663. The topological polar surface area (TPSA) is 47.9 Å². The third kappa shape index (κ3) is 1.84. The quantitative estimate of drug-likeness (QED) is 0.758. The maximum atomic E-state index is 11.9. The lowest BCUT2D eigenvalue weighted by molar-refractivity contribution is 0.205. The Bertz CT molecular complexity index is 515. The first-order valence-corrected chi connectivity index (χ1v) is 5.89. The van der Waals surface area contributed by atoms with Crippen LogP contribution in [0.25, 0.3) is 0 Å². The molecule has 0 aromatic heterocycles. The predicted octanol–water partition coefficient (Wildman–Crippen LogP) is 1.55. The molecule has 1 saturated heterocycles. The number of urea groups is 1. The van der Waals surface area contributed by atoms with Gasteiger partial charge in [0.05, 0.1) is 6.04 Å². The molecule has 3 aliphatic heterocycles. The standard InChI is InChI=1S/C13H14N4O/c1-10-5-7-17(13(18)15-10)12-9-16-6-3-2-4-11(16)8-14-12/h2-4,6,8-9,11H,1,5,7H2,(H,15,18). The van der Waals surface area contributed by atoms with E-state index in [1.165, 1.54) is 0 Å². The van der Waals surface area contributed by atoms with Gasteiger partial charge in [-0.3, -0.25) is 4.90 Å². The van der Waals surface area contributed by atoms with Crippen LogP contribution in [-0.4, -0.2) is 34.6 Å². The molecule has 0 radical (unpaired) electrons. The maximum Gasteiger partial charge on any atom is 0.327 e. The zero-order valence-electron chi connectivity index (χ0n) is 9.91. The summed E-state index contributed by atoms with van der Waals surface area (Å²) < 4.78 is 0. The first-order chi connectivity index (χ1) is 8.74. The molecule has 1 unspecified atom stereocenters. The molecule has 3 heterocycles. The fraction of sp³-hybridized carbons (Fsp3) is 0.231. The molecule has 0 bridgehead atoms. The van der Waals surface area contributed by atoms with Crippen molar-refractivity contribution in [2.45, 2.75) is 12.5 Å². The van der Waals surface area contributed by atoms with Gasteiger partial charge in [-0.15, -0.1) is 0 Å². The van der Waals surface area contributed by atoms with E-state index >= 15 is 0 Å². The summed E-state index contributed by atoms with van der Waals surface area (Å²) >= 11 is 0. The largest absolute Gasteiger partial charge is 0.339 e. The molecule has 1 fully saturated rings. The highest BCUT2D eigenvalue weighted by molar-refractivity contribution is 5.80. The molecular weight excluding hydrogens is 228 g/mol. The van der Waals surface area contributed by atoms with Gasteiger partial charge in [0, 0.05) is 37.3 Å². The lowest BCUT2D eigenvalue weighted by Crippen LogP contribution is -2.45. The van der Waals surface area contributed by atoms with Gasteiger partial charge >= 0.3 is 6.03 Å². The van der Waals surface area contributed by atoms with Gasteiger partial charge in [0.2, 0.25) is 0 Å². The van der Waals surface area contributed by atoms with Crippen LogP contribution < -0.4 is 5.32 Å². The van der Waals surface area contributed by atoms with Crippen molar-refractivity contribution in [1.82, 2.24) is 15.1 Å². The zero-order chi connectivity index (χ0) is 12.5. The number of fused-ring (bicyclic) bond motifs is 1. The van der Waals surface area contributed by atoms with Crippen molar-refractivity contribution in [1.29, 1.82) is 0 Å². The second-order valence-corrected chi connectivity index (χ2v) is 4.37. The van der Waals surface area contributed by atoms with Crippen LogP contribution in [0.15, 0.2) is 53.7 Å². The fourth-order valence-electron chi connectivity index (χ4n) is 2.09. The third-order valence-electron chi connectivity index (χ3n) is 3.09. The van der Waals surface area contributed by atoms with Crippen molar-refractivity contribution in [3.05, 3.63) is 48.7 Å². The van der Waals surface area contributed by atoms with Crippen LogP contribution in [0, 0.1) is 0 Å². The summed E-state index contributed by atoms with van der Waals surface area (Å²) in [6.07, 6.45) is 12.4. The van der Waals surface area contributed by atoms with Crippen LogP contribution in [0.4, 0.5) is 4.79 Å². The minimum atomic E-state index is -0.162. The number of carbonyl (C=O) groups is 1. The molecule has 5 nitrogen and oxygen atoms in total. The number of carbonyl (C=O) groups excluding carboxylic acids is 1. The summed E-state index contributed by atoms with van der Waals surface area (Å²) in [5, 5.41) is 2.73. The lowest BCUT2D eigenvalue weighted by Gasteiger charge is -2.33. The van der Waals surface area contributed by atoms with Crippen molar-refractivity contribution in [2.24, 2.45) is 4.99 Å². The second-order valence-electron chi connectivity index (χ2n) is 4.37. The normalized spacial score (nSPS) is 26.0. The van der Waals surface area contributed by atoms with E-state index in [0.29, 0.717) is 12.4 Å². The fourth-order valence-corrected chi connectivity index (χ4v) is 2.09. The summed E-state index contributed by atoms with van der Waals surface area (Å²) in [4.78, 5) is 19.9. The number of rotatable bonds is 1. The van der Waals surface area contributed by atoms with Gasteiger partial charge in [-0.05, 0) is 6.08 Å². The molecule has 0 aromatic carbocycles. The van der Waals surface area contributed by atoms with Crippen LogP contribution in [0.2, 0.25) is 0 Å². The number of nitrogens with zero attached hydrogens (tertiary/aromatic N) is 3. The average molecular weight is 242 g/mol. The summed E-state index contributed by atoms with van der Waals surface area (Å²) in [6, 6.07) is -0.00815. The van der Waals surface area contributed by atoms with Gasteiger partial charge in [-0.2, -0.15) is 0 Å². The van der Waals surface area contributed by atoms with Crippen LogP contribution in [0.5, 0.6) is 0 Å². The number of hydrogen-bond donors (Lipinski definition) is 1. The van der Waals surface area contributed by atoms with E-state index in [2.05, 4.69) is 23.0 Å². The molecule has 3 rings (SSSR count). The smallest absolute Gasteiger partial charge is 0.327 e. The number of allylic oxidation sites excluding steroid dienone is 2. The van der Waals surface area contributed by atoms with E-state index in [-0.39, 0.29) is 12.1 Å². The minimum absolute atomic E-state index is 0.154. The highest BCUT2D eigenvalue weighted by Gasteiger charge is 2.26. The van der Waals surface area contributed by atoms with Gasteiger partial charge in [0.25, 0.3) is 0 Å². The molecule has 1 atom stereocenters. The first kappa shape index (κ1) is 10.8. The molecule has 0 aromatic rings. The van der Waals surface area contributed by atoms with Crippen molar-refractivity contribution in [3.63, 3.8) is 0 Å². The molecule has 0 saturated carbocycles. The predicted molar refractivity (Wildman–Crippen MR) is 69.5 cm³/mol.